The topological polar surface area (TPSA) is 30.0 Å². The van der Waals surface area contributed by atoms with Crippen molar-refractivity contribution in [1.29, 1.82) is 0 Å². The van der Waals surface area contributed by atoms with Crippen LogP contribution in [0.3, 0.4) is 0 Å². The van der Waals surface area contributed by atoms with Crippen LogP contribution >= 0.6 is 0 Å². The van der Waals surface area contributed by atoms with Crippen LogP contribution in [0.25, 0.3) is 22.0 Å². The number of hydrogen-bond acceptors (Lipinski definition) is 2. The Kier molecular flexibility index (Phi) is 2.84. The number of aromatic nitrogens is 1. The smallest absolute Gasteiger partial charge is 0.152 e. The van der Waals surface area contributed by atoms with E-state index in [-0.39, 0.29) is 0 Å². The second kappa shape index (κ2) is 4.65. The highest BCUT2D eigenvalue weighted by Gasteiger charge is 2.12. The molecule has 2 heteroatoms. The molecule has 0 aliphatic rings. The number of carbonyl (C=O) groups excluding carboxylic acids is 1. The second-order valence-electron chi connectivity index (χ2n) is 4.49. The van der Waals surface area contributed by atoms with Gasteiger partial charge in [-0.2, -0.15) is 0 Å². The third kappa shape index (κ3) is 1.91. The standard InChI is InChI=1S/C17H13NO/c1-12-14-9-5-6-10-15(14)16(11-19)17(18-12)13-7-3-2-4-8-13/h2-11H,1H3. The van der Waals surface area contributed by atoms with Crippen LogP contribution in [0, 0.1) is 6.92 Å². The van der Waals surface area contributed by atoms with Gasteiger partial charge in [0.1, 0.15) is 0 Å². The van der Waals surface area contributed by atoms with Crippen LogP contribution in [-0.4, -0.2) is 11.3 Å². The van der Waals surface area contributed by atoms with Crippen LogP contribution in [-0.2, 0) is 0 Å². The van der Waals surface area contributed by atoms with Crippen molar-refractivity contribution in [2.75, 3.05) is 0 Å². The largest absolute Gasteiger partial charge is 0.298 e. The summed E-state index contributed by atoms with van der Waals surface area (Å²) in [5.41, 5.74) is 3.33. The molecule has 0 bridgehead atoms. The minimum atomic E-state index is 0.660. The molecule has 0 aliphatic carbocycles. The first-order valence-corrected chi connectivity index (χ1v) is 6.21. The lowest BCUT2D eigenvalue weighted by Crippen LogP contribution is -1.97. The van der Waals surface area contributed by atoms with Crippen molar-refractivity contribution in [3.8, 4) is 11.3 Å². The molecule has 0 spiro atoms. The highest BCUT2D eigenvalue weighted by Crippen LogP contribution is 2.28. The molecule has 2 aromatic carbocycles. The minimum Gasteiger partial charge on any atom is -0.298 e. The molecule has 0 atom stereocenters. The van der Waals surface area contributed by atoms with E-state index in [1.807, 2.05) is 61.5 Å². The van der Waals surface area contributed by atoms with E-state index >= 15 is 0 Å². The van der Waals surface area contributed by atoms with Gasteiger partial charge in [-0.25, -0.2) is 0 Å². The number of fused-ring (bicyclic) bond motifs is 1. The number of nitrogens with zero attached hydrogens (tertiary/aromatic N) is 1. The first kappa shape index (κ1) is 11.6. The van der Waals surface area contributed by atoms with E-state index < -0.39 is 0 Å². The van der Waals surface area contributed by atoms with Crippen molar-refractivity contribution >= 4 is 17.1 Å². The maximum atomic E-state index is 11.5. The van der Waals surface area contributed by atoms with Gasteiger partial charge in [-0.05, 0) is 12.3 Å². The summed E-state index contributed by atoms with van der Waals surface area (Å²) in [5, 5.41) is 1.99. The Morgan fingerprint density at radius 1 is 0.895 bits per heavy atom. The van der Waals surface area contributed by atoms with E-state index in [4.69, 9.17) is 0 Å². The molecule has 1 aromatic heterocycles. The second-order valence-corrected chi connectivity index (χ2v) is 4.49. The Bertz CT molecular complexity index is 748. The summed E-state index contributed by atoms with van der Waals surface area (Å²) in [6.07, 6.45) is 0.900. The zero-order chi connectivity index (χ0) is 13.2. The lowest BCUT2D eigenvalue weighted by Gasteiger charge is -2.10. The molecule has 0 amide bonds. The molecule has 0 saturated heterocycles. The summed E-state index contributed by atoms with van der Waals surface area (Å²) in [5.74, 6) is 0. The summed E-state index contributed by atoms with van der Waals surface area (Å²) >= 11 is 0. The molecule has 0 aliphatic heterocycles. The Hall–Kier alpha value is -2.48. The molecule has 3 aromatic rings. The summed E-state index contributed by atoms with van der Waals surface area (Å²) in [4.78, 5) is 16.1. The lowest BCUT2D eigenvalue weighted by molar-refractivity contribution is 0.112. The van der Waals surface area contributed by atoms with E-state index in [0.29, 0.717) is 5.56 Å². The Labute approximate surface area is 111 Å². The number of hydrogen-bond donors (Lipinski definition) is 0. The van der Waals surface area contributed by atoms with Gasteiger partial charge in [0.25, 0.3) is 0 Å². The highest BCUT2D eigenvalue weighted by molar-refractivity contribution is 6.04. The van der Waals surface area contributed by atoms with Gasteiger partial charge in [0.15, 0.2) is 6.29 Å². The molecule has 0 N–H and O–H groups in total. The number of pyridine rings is 1. The molecule has 0 saturated carbocycles. The molecule has 0 unspecified atom stereocenters. The fourth-order valence-electron chi connectivity index (χ4n) is 2.38. The molecule has 0 fully saturated rings. The van der Waals surface area contributed by atoms with Gasteiger partial charge in [0.05, 0.1) is 5.69 Å². The van der Waals surface area contributed by atoms with E-state index in [1.165, 1.54) is 0 Å². The van der Waals surface area contributed by atoms with Crippen molar-refractivity contribution in [3.05, 3.63) is 65.9 Å². The molecular weight excluding hydrogens is 234 g/mol. The monoisotopic (exact) mass is 247 g/mol. The highest BCUT2D eigenvalue weighted by atomic mass is 16.1. The number of rotatable bonds is 2. The number of aldehydes is 1. The van der Waals surface area contributed by atoms with Gasteiger partial charge in [-0.3, -0.25) is 9.78 Å². The predicted octanol–water partition coefficient (Wildman–Crippen LogP) is 4.02. The average Bonchev–Trinajstić information content (AvgIpc) is 2.48. The van der Waals surface area contributed by atoms with Gasteiger partial charge >= 0.3 is 0 Å². The Morgan fingerprint density at radius 3 is 2.21 bits per heavy atom. The van der Waals surface area contributed by atoms with E-state index in [1.54, 1.807) is 0 Å². The van der Waals surface area contributed by atoms with Crippen LogP contribution in [0.4, 0.5) is 0 Å². The lowest BCUT2D eigenvalue weighted by atomic mass is 9.99. The fraction of sp³-hybridized carbons (Fsp3) is 0.0588. The van der Waals surface area contributed by atoms with Crippen LogP contribution in [0.5, 0.6) is 0 Å². The third-order valence-electron chi connectivity index (χ3n) is 3.31. The Balaban J connectivity index is 2.40. The minimum absolute atomic E-state index is 0.660. The molecule has 2 nitrogen and oxygen atoms in total. The molecule has 92 valence electrons. The number of carbonyl (C=O) groups is 1. The summed E-state index contributed by atoms with van der Waals surface area (Å²) in [7, 11) is 0. The van der Waals surface area contributed by atoms with Crippen molar-refractivity contribution < 1.29 is 4.79 Å². The van der Waals surface area contributed by atoms with Crippen molar-refractivity contribution in [1.82, 2.24) is 4.98 Å². The number of benzene rings is 2. The van der Waals surface area contributed by atoms with Crippen LogP contribution in [0.15, 0.2) is 54.6 Å². The van der Waals surface area contributed by atoms with Gasteiger partial charge < -0.3 is 0 Å². The Morgan fingerprint density at radius 2 is 1.53 bits per heavy atom. The van der Waals surface area contributed by atoms with Gasteiger partial charge in [0.2, 0.25) is 0 Å². The van der Waals surface area contributed by atoms with Crippen molar-refractivity contribution in [3.63, 3.8) is 0 Å². The van der Waals surface area contributed by atoms with Crippen molar-refractivity contribution in [2.24, 2.45) is 0 Å². The molecule has 1 heterocycles. The third-order valence-corrected chi connectivity index (χ3v) is 3.31. The SMILES string of the molecule is Cc1nc(-c2ccccc2)c(C=O)c2ccccc12. The van der Waals surface area contributed by atoms with Crippen LogP contribution in [0.2, 0.25) is 0 Å². The molecule has 19 heavy (non-hydrogen) atoms. The molecule has 3 rings (SSSR count). The fourth-order valence-corrected chi connectivity index (χ4v) is 2.38. The zero-order valence-corrected chi connectivity index (χ0v) is 10.6. The maximum absolute atomic E-state index is 11.5. The van der Waals surface area contributed by atoms with E-state index in [2.05, 4.69) is 4.98 Å². The van der Waals surface area contributed by atoms with E-state index in [9.17, 15) is 4.79 Å². The molecule has 0 radical (unpaired) electrons. The molecular formula is C17H13NO. The predicted molar refractivity (Wildman–Crippen MR) is 77.3 cm³/mol. The van der Waals surface area contributed by atoms with Crippen LogP contribution < -0.4 is 0 Å². The zero-order valence-electron chi connectivity index (χ0n) is 10.6. The van der Waals surface area contributed by atoms with Crippen LogP contribution in [0.1, 0.15) is 16.1 Å². The van der Waals surface area contributed by atoms with Gasteiger partial charge in [-0.1, -0.05) is 54.6 Å². The summed E-state index contributed by atoms with van der Waals surface area (Å²) in [6, 6.07) is 17.7. The maximum Gasteiger partial charge on any atom is 0.152 e. The summed E-state index contributed by atoms with van der Waals surface area (Å²) < 4.78 is 0. The van der Waals surface area contributed by atoms with Gasteiger partial charge in [-0.15, -0.1) is 0 Å². The normalized spacial score (nSPS) is 10.6. The first-order chi connectivity index (χ1) is 9.31. The average molecular weight is 247 g/mol. The summed E-state index contributed by atoms with van der Waals surface area (Å²) in [6.45, 7) is 1.98. The first-order valence-electron chi connectivity index (χ1n) is 6.21. The van der Waals surface area contributed by atoms with Crippen molar-refractivity contribution in [2.45, 2.75) is 6.92 Å². The van der Waals surface area contributed by atoms with E-state index in [0.717, 1.165) is 34.0 Å². The van der Waals surface area contributed by atoms with Gasteiger partial charge in [0, 0.05) is 22.2 Å². The number of aryl methyl sites for hydroxylation is 1. The quantitative estimate of drug-likeness (QED) is 0.640.